The Balaban J connectivity index is 1.51. The standard InChI is InChI=1S/C22H24N4O3S2/c1-15-3-9-18(10-4-15)26(31(28,29)19-11-5-16(2)6-12-19)14-13-20(27)23-22-25-24-21(30-22)17-7-8-17/h3-6,9-12,17H,7-8,13-14H2,1-2H3,(H,23,25,27). The molecule has 0 atom stereocenters. The maximum atomic E-state index is 13.4. The molecule has 3 aromatic rings. The van der Waals surface area contributed by atoms with Gasteiger partial charge < -0.3 is 5.32 Å². The number of sulfonamides is 1. The first kappa shape index (κ1) is 21.5. The predicted octanol–water partition coefficient (Wildman–Crippen LogP) is 4.26. The van der Waals surface area contributed by atoms with Crippen molar-refractivity contribution in [1.82, 2.24) is 10.2 Å². The van der Waals surface area contributed by atoms with Gasteiger partial charge in [0.15, 0.2) is 0 Å². The topological polar surface area (TPSA) is 92.3 Å². The van der Waals surface area contributed by atoms with Gasteiger partial charge in [-0.05, 0) is 51.0 Å². The number of anilines is 2. The molecule has 31 heavy (non-hydrogen) atoms. The number of amides is 1. The number of hydrogen-bond donors (Lipinski definition) is 1. The summed E-state index contributed by atoms with van der Waals surface area (Å²) in [4.78, 5) is 12.7. The van der Waals surface area contributed by atoms with Gasteiger partial charge in [-0.25, -0.2) is 8.42 Å². The number of nitrogens with zero attached hydrogens (tertiary/aromatic N) is 3. The van der Waals surface area contributed by atoms with Crippen molar-refractivity contribution in [3.05, 3.63) is 64.7 Å². The van der Waals surface area contributed by atoms with Crippen LogP contribution in [0.5, 0.6) is 0 Å². The minimum Gasteiger partial charge on any atom is -0.300 e. The number of aryl methyl sites for hydroxylation is 2. The van der Waals surface area contributed by atoms with Crippen molar-refractivity contribution in [2.24, 2.45) is 0 Å². The van der Waals surface area contributed by atoms with E-state index in [1.807, 2.05) is 26.0 Å². The van der Waals surface area contributed by atoms with Crippen LogP contribution in [0.25, 0.3) is 0 Å². The Morgan fingerprint density at radius 3 is 2.26 bits per heavy atom. The molecule has 1 N–H and O–H groups in total. The third kappa shape index (κ3) is 5.11. The molecule has 0 aliphatic heterocycles. The number of carbonyl (C=O) groups is 1. The van der Waals surface area contributed by atoms with E-state index in [1.54, 1.807) is 36.4 Å². The quantitative estimate of drug-likeness (QED) is 0.547. The molecule has 1 aromatic heterocycles. The predicted molar refractivity (Wildman–Crippen MR) is 122 cm³/mol. The van der Waals surface area contributed by atoms with Gasteiger partial charge in [0.25, 0.3) is 10.0 Å². The van der Waals surface area contributed by atoms with E-state index < -0.39 is 10.0 Å². The second-order valence-electron chi connectivity index (χ2n) is 7.74. The van der Waals surface area contributed by atoms with Gasteiger partial charge in [-0.15, -0.1) is 10.2 Å². The highest BCUT2D eigenvalue weighted by Crippen LogP contribution is 2.42. The van der Waals surface area contributed by atoms with Crippen LogP contribution in [0.3, 0.4) is 0 Å². The number of aromatic nitrogens is 2. The number of rotatable bonds is 8. The van der Waals surface area contributed by atoms with Gasteiger partial charge in [0.1, 0.15) is 5.01 Å². The summed E-state index contributed by atoms with van der Waals surface area (Å²) in [5, 5.41) is 12.3. The second-order valence-corrected chi connectivity index (χ2v) is 10.6. The number of benzene rings is 2. The van der Waals surface area contributed by atoms with E-state index in [2.05, 4.69) is 15.5 Å². The van der Waals surface area contributed by atoms with Crippen LogP contribution in [0.2, 0.25) is 0 Å². The summed E-state index contributed by atoms with van der Waals surface area (Å²) in [5.74, 6) is 0.176. The van der Waals surface area contributed by atoms with Crippen LogP contribution in [0.1, 0.15) is 41.3 Å². The maximum absolute atomic E-state index is 13.4. The molecule has 9 heteroatoms. The summed E-state index contributed by atoms with van der Waals surface area (Å²) in [6.07, 6.45) is 2.23. The zero-order valence-corrected chi connectivity index (χ0v) is 19.0. The maximum Gasteiger partial charge on any atom is 0.264 e. The molecule has 1 amide bonds. The van der Waals surface area contributed by atoms with E-state index in [9.17, 15) is 13.2 Å². The van der Waals surface area contributed by atoms with Gasteiger partial charge >= 0.3 is 0 Å². The third-order valence-corrected chi connectivity index (χ3v) is 7.93. The van der Waals surface area contributed by atoms with Crippen LogP contribution >= 0.6 is 11.3 Å². The first-order chi connectivity index (χ1) is 14.8. The molecule has 0 spiro atoms. The smallest absolute Gasteiger partial charge is 0.264 e. The van der Waals surface area contributed by atoms with Crippen molar-refractivity contribution < 1.29 is 13.2 Å². The molecule has 7 nitrogen and oxygen atoms in total. The van der Waals surface area contributed by atoms with Crippen molar-refractivity contribution in [3.8, 4) is 0 Å². The highest BCUT2D eigenvalue weighted by atomic mass is 32.2. The van der Waals surface area contributed by atoms with Crippen molar-refractivity contribution in [1.29, 1.82) is 0 Å². The van der Waals surface area contributed by atoms with Crippen LogP contribution in [0, 0.1) is 13.8 Å². The number of carbonyl (C=O) groups excluding carboxylic acids is 1. The van der Waals surface area contributed by atoms with Gasteiger partial charge in [0.05, 0.1) is 10.6 Å². The average Bonchev–Trinajstić information content (AvgIpc) is 3.49. The Morgan fingerprint density at radius 2 is 1.65 bits per heavy atom. The number of nitrogens with one attached hydrogen (secondary N) is 1. The van der Waals surface area contributed by atoms with E-state index >= 15 is 0 Å². The van der Waals surface area contributed by atoms with E-state index in [-0.39, 0.29) is 23.8 Å². The van der Waals surface area contributed by atoms with Crippen LogP contribution in [-0.2, 0) is 14.8 Å². The Labute approximate surface area is 186 Å². The Kier molecular flexibility index (Phi) is 6.06. The zero-order chi connectivity index (χ0) is 22.0. The molecule has 1 heterocycles. The molecule has 0 radical (unpaired) electrons. The zero-order valence-electron chi connectivity index (χ0n) is 17.4. The fourth-order valence-electron chi connectivity index (χ4n) is 3.10. The van der Waals surface area contributed by atoms with E-state index in [4.69, 9.17) is 0 Å². The molecule has 1 aliphatic rings. The Hall–Kier alpha value is -2.78. The molecule has 0 unspecified atom stereocenters. The lowest BCUT2D eigenvalue weighted by Crippen LogP contribution is -2.34. The van der Waals surface area contributed by atoms with Crippen molar-refractivity contribution in [2.75, 3.05) is 16.2 Å². The summed E-state index contributed by atoms with van der Waals surface area (Å²) in [6.45, 7) is 3.86. The minimum absolute atomic E-state index is 0.00267. The summed E-state index contributed by atoms with van der Waals surface area (Å²) in [6, 6.07) is 13.9. The normalized spacial score (nSPS) is 13.7. The SMILES string of the molecule is Cc1ccc(N(CCC(=O)Nc2nnc(C3CC3)s2)S(=O)(=O)c2ccc(C)cc2)cc1. The lowest BCUT2D eigenvalue weighted by Gasteiger charge is -2.24. The van der Waals surface area contributed by atoms with E-state index in [0.717, 1.165) is 29.0 Å². The van der Waals surface area contributed by atoms with Gasteiger partial charge in [0.2, 0.25) is 11.0 Å². The van der Waals surface area contributed by atoms with Crippen molar-refractivity contribution >= 4 is 38.1 Å². The lowest BCUT2D eigenvalue weighted by molar-refractivity contribution is -0.116. The molecule has 162 valence electrons. The molecule has 1 aliphatic carbocycles. The molecule has 0 saturated heterocycles. The van der Waals surface area contributed by atoms with Gasteiger partial charge in [-0.1, -0.05) is 46.7 Å². The van der Waals surface area contributed by atoms with E-state index in [0.29, 0.717) is 16.7 Å². The molecule has 0 bridgehead atoms. The van der Waals surface area contributed by atoms with Crippen molar-refractivity contribution in [3.63, 3.8) is 0 Å². The summed E-state index contributed by atoms with van der Waals surface area (Å²) < 4.78 is 28.0. The summed E-state index contributed by atoms with van der Waals surface area (Å²) in [7, 11) is -3.82. The third-order valence-electron chi connectivity index (χ3n) is 5.09. The largest absolute Gasteiger partial charge is 0.300 e. The second kappa shape index (κ2) is 8.76. The first-order valence-electron chi connectivity index (χ1n) is 10.1. The van der Waals surface area contributed by atoms with Crippen LogP contribution < -0.4 is 9.62 Å². The van der Waals surface area contributed by atoms with Gasteiger partial charge in [0, 0.05) is 18.9 Å². The van der Waals surface area contributed by atoms with Crippen LogP contribution in [0.15, 0.2) is 53.4 Å². The molecular weight excluding hydrogens is 432 g/mol. The fourth-order valence-corrected chi connectivity index (χ4v) is 5.50. The minimum atomic E-state index is -3.82. The van der Waals surface area contributed by atoms with Gasteiger partial charge in [-0.3, -0.25) is 9.10 Å². The van der Waals surface area contributed by atoms with Gasteiger partial charge in [-0.2, -0.15) is 0 Å². The average molecular weight is 457 g/mol. The lowest BCUT2D eigenvalue weighted by atomic mass is 10.2. The van der Waals surface area contributed by atoms with Crippen LogP contribution in [0.4, 0.5) is 10.8 Å². The molecular formula is C22H24N4O3S2. The highest BCUT2D eigenvalue weighted by molar-refractivity contribution is 7.92. The molecule has 4 rings (SSSR count). The first-order valence-corrected chi connectivity index (χ1v) is 12.4. The highest BCUT2D eigenvalue weighted by Gasteiger charge is 2.28. The Morgan fingerprint density at radius 1 is 1.03 bits per heavy atom. The molecule has 1 saturated carbocycles. The molecule has 2 aromatic carbocycles. The summed E-state index contributed by atoms with van der Waals surface area (Å²) in [5.41, 5.74) is 2.52. The van der Waals surface area contributed by atoms with Crippen molar-refractivity contribution in [2.45, 2.75) is 43.9 Å². The monoisotopic (exact) mass is 456 g/mol. The Bertz CT molecular complexity index is 1170. The summed E-state index contributed by atoms with van der Waals surface area (Å²) >= 11 is 1.38. The van der Waals surface area contributed by atoms with E-state index in [1.165, 1.54) is 15.6 Å². The fraction of sp³-hybridized carbons (Fsp3) is 0.318. The molecule has 1 fully saturated rings. The van der Waals surface area contributed by atoms with Crippen LogP contribution in [-0.4, -0.2) is 31.1 Å². The number of hydrogen-bond acceptors (Lipinski definition) is 6.